The quantitative estimate of drug-likeness (QED) is 0.725. The largest absolute Gasteiger partial charge is 0.352 e. The summed E-state index contributed by atoms with van der Waals surface area (Å²) in [5.74, 6) is 0.244. The molecule has 0 bridgehead atoms. The van der Waals surface area contributed by atoms with Gasteiger partial charge in [0.15, 0.2) is 0 Å². The smallest absolute Gasteiger partial charge is 0.251 e. The Morgan fingerprint density at radius 2 is 1.84 bits per heavy atom. The highest BCUT2D eigenvalue weighted by molar-refractivity contribution is 7.89. The summed E-state index contributed by atoms with van der Waals surface area (Å²) in [6.45, 7) is 8.51. The minimum Gasteiger partial charge on any atom is -0.352 e. The van der Waals surface area contributed by atoms with Crippen molar-refractivity contribution in [1.29, 1.82) is 0 Å². The van der Waals surface area contributed by atoms with Gasteiger partial charge in [-0.05, 0) is 49.4 Å². The summed E-state index contributed by atoms with van der Waals surface area (Å²) >= 11 is 0. The monoisotopic (exact) mass is 368 g/mol. The van der Waals surface area contributed by atoms with Crippen molar-refractivity contribution in [2.75, 3.05) is 20.6 Å². The normalized spacial score (nSPS) is 13.1. The van der Waals surface area contributed by atoms with Gasteiger partial charge in [-0.3, -0.25) is 4.79 Å². The predicted molar refractivity (Wildman–Crippen MR) is 102 cm³/mol. The van der Waals surface area contributed by atoms with E-state index in [1.165, 1.54) is 24.5 Å². The molecule has 0 radical (unpaired) electrons. The number of unbranched alkanes of at least 4 members (excludes halogenated alkanes) is 1. The van der Waals surface area contributed by atoms with Gasteiger partial charge in [-0.2, -0.15) is 0 Å². The van der Waals surface area contributed by atoms with E-state index in [2.05, 4.69) is 19.2 Å². The van der Waals surface area contributed by atoms with Gasteiger partial charge in [0.2, 0.25) is 10.0 Å². The molecule has 25 heavy (non-hydrogen) atoms. The molecule has 0 aliphatic rings. The Balaban J connectivity index is 3.02. The molecule has 1 unspecified atom stereocenters. The maximum atomic E-state index is 12.5. The summed E-state index contributed by atoms with van der Waals surface area (Å²) in [5.41, 5.74) is 1.87. The van der Waals surface area contributed by atoms with Crippen LogP contribution in [-0.2, 0) is 10.0 Å². The lowest BCUT2D eigenvalue weighted by Crippen LogP contribution is -2.30. The highest BCUT2D eigenvalue weighted by Crippen LogP contribution is 2.23. The van der Waals surface area contributed by atoms with Crippen LogP contribution in [0.15, 0.2) is 17.0 Å². The van der Waals surface area contributed by atoms with Crippen molar-refractivity contribution in [3.8, 4) is 0 Å². The van der Waals surface area contributed by atoms with E-state index in [1.807, 2.05) is 6.92 Å². The summed E-state index contributed by atoms with van der Waals surface area (Å²) in [7, 11) is -0.588. The molecule has 0 saturated heterocycles. The highest BCUT2D eigenvalue weighted by atomic mass is 32.2. The van der Waals surface area contributed by atoms with Crippen molar-refractivity contribution in [3.05, 3.63) is 28.8 Å². The number of carbonyl (C=O) groups excluding carboxylic acids is 1. The third-order valence-electron chi connectivity index (χ3n) is 4.74. The summed E-state index contributed by atoms with van der Waals surface area (Å²) in [6.07, 6.45) is 4.42. The number of aryl methyl sites for hydroxylation is 1. The lowest BCUT2D eigenvalue weighted by molar-refractivity contribution is 0.0945. The fraction of sp³-hybridized carbons (Fsp3) is 0.632. The van der Waals surface area contributed by atoms with E-state index in [4.69, 9.17) is 0 Å². The average Bonchev–Trinajstić information content (AvgIpc) is 2.56. The Kier molecular flexibility index (Phi) is 8.09. The summed E-state index contributed by atoms with van der Waals surface area (Å²) in [6, 6.07) is 3.24. The molecule has 0 spiro atoms. The Morgan fingerprint density at radius 1 is 1.20 bits per heavy atom. The second-order valence-corrected chi connectivity index (χ2v) is 8.95. The first kappa shape index (κ1) is 21.6. The summed E-state index contributed by atoms with van der Waals surface area (Å²) < 4.78 is 26.2. The molecule has 5 nitrogen and oxygen atoms in total. The minimum atomic E-state index is -3.58. The third-order valence-corrected chi connectivity index (χ3v) is 6.68. The fourth-order valence-electron chi connectivity index (χ4n) is 2.71. The number of rotatable bonds is 9. The van der Waals surface area contributed by atoms with Crippen molar-refractivity contribution < 1.29 is 13.2 Å². The Labute approximate surface area is 152 Å². The molecule has 0 fully saturated rings. The van der Waals surface area contributed by atoms with Crippen molar-refractivity contribution in [1.82, 2.24) is 9.62 Å². The van der Waals surface area contributed by atoms with Crippen molar-refractivity contribution in [2.45, 2.75) is 58.3 Å². The molecule has 142 valence electrons. The first-order valence-corrected chi connectivity index (χ1v) is 10.4. The van der Waals surface area contributed by atoms with E-state index in [-0.39, 0.29) is 10.8 Å². The molecular weight excluding hydrogens is 336 g/mol. The maximum absolute atomic E-state index is 12.5. The number of nitrogens with one attached hydrogen (secondary N) is 1. The molecule has 1 atom stereocenters. The predicted octanol–water partition coefficient (Wildman–Crippen LogP) is 3.50. The zero-order valence-corrected chi connectivity index (χ0v) is 17.2. The second kappa shape index (κ2) is 9.34. The molecule has 0 saturated carbocycles. The molecule has 1 aromatic rings. The second-order valence-electron chi connectivity index (χ2n) is 6.83. The number of amides is 1. The molecule has 0 aliphatic carbocycles. The van der Waals surface area contributed by atoms with Crippen molar-refractivity contribution >= 4 is 15.9 Å². The van der Waals surface area contributed by atoms with Gasteiger partial charge < -0.3 is 5.32 Å². The van der Waals surface area contributed by atoms with Crippen LogP contribution in [0.3, 0.4) is 0 Å². The maximum Gasteiger partial charge on any atom is 0.251 e. The van der Waals surface area contributed by atoms with Gasteiger partial charge >= 0.3 is 0 Å². The third kappa shape index (κ3) is 5.54. The van der Waals surface area contributed by atoms with Gasteiger partial charge in [-0.25, -0.2) is 12.7 Å². The van der Waals surface area contributed by atoms with Crippen LogP contribution in [0.25, 0.3) is 0 Å². The topological polar surface area (TPSA) is 66.5 Å². The number of carbonyl (C=O) groups is 1. The summed E-state index contributed by atoms with van der Waals surface area (Å²) in [5, 5.41) is 2.97. The molecular formula is C19H32N2O3S. The number of hydrogen-bond acceptors (Lipinski definition) is 3. The van der Waals surface area contributed by atoms with Crippen LogP contribution in [0.1, 0.15) is 61.0 Å². The number of hydrogen-bond donors (Lipinski definition) is 1. The first-order valence-electron chi connectivity index (χ1n) is 8.97. The molecule has 6 heteroatoms. The van der Waals surface area contributed by atoms with Crippen LogP contribution in [0.5, 0.6) is 0 Å². The number of benzene rings is 1. The van der Waals surface area contributed by atoms with E-state index < -0.39 is 10.0 Å². The van der Waals surface area contributed by atoms with Gasteiger partial charge in [-0.15, -0.1) is 0 Å². The van der Waals surface area contributed by atoms with Crippen LogP contribution in [-0.4, -0.2) is 39.3 Å². The van der Waals surface area contributed by atoms with E-state index in [0.29, 0.717) is 23.6 Å². The SMILES string of the molecule is CCCCC(CC)CNC(=O)c1cc(C)c(C)c(S(=O)(=O)N(C)C)c1. The van der Waals surface area contributed by atoms with E-state index in [9.17, 15) is 13.2 Å². The highest BCUT2D eigenvalue weighted by Gasteiger charge is 2.23. The number of sulfonamides is 1. The molecule has 1 aromatic carbocycles. The van der Waals surface area contributed by atoms with E-state index in [0.717, 1.165) is 31.2 Å². The molecule has 0 aromatic heterocycles. The van der Waals surface area contributed by atoms with Crippen LogP contribution >= 0.6 is 0 Å². The van der Waals surface area contributed by atoms with Crippen LogP contribution in [0, 0.1) is 19.8 Å². The Hall–Kier alpha value is -1.40. The van der Waals surface area contributed by atoms with Gasteiger partial charge in [0.05, 0.1) is 4.90 Å². The lowest BCUT2D eigenvalue weighted by Gasteiger charge is -2.18. The zero-order valence-electron chi connectivity index (χ0n) is 16.3. The van der Waals surface area contributed by atoms with Gasteiger partial charge in [0.25, 0.3) is 5.91 Å². The Bertz CT molecular complexity index is 697. The van der Waals surface area contributed by atoms with Crippen LogP contribution in [0.4, 0.5) is 0 Å². The molecule has 1 amide bonds. The van der Waals surface area contributed by atoms with E-state index in [1.54, 1.807) is 13.0 Å². The molecule has 1 rings (SSSR count). The van der Waals surface area contributed by atoms with Crippen molar-refractivity contribution in [2.24, 2.45) is 5.92 Å². The standard InChI is InChI=1S/C19H32N2O3S/c1-7-9-10-16(8-2)13-20-19(22)17-11-14(3)15(4)18(12-17)25(23,24)21(5)6/h11-12,16H,7-10,13H2,1-6H3,(H,20,22). The van der Waals surface area contributed by atoms with Crippen LogP contribution < -0.4 is 5.32 Å². The summed E-state index contributed by atoms with van der Waals surface area (Å²) in [4.78, 5) is 12.7. The molecule has 0 heterocycles. The van der Waals surface area contributed by atoms with Crippen molar-refractivity contribution in [3.63, 3.8) is 0 Å². The molecule has 0 aliphatic heterocycles. The van der Waals surface area contributed by atoms with Gasteiger partial charge in [-0.1, -0.05) is 33.1 Å². The lowest BCUT2D eigenvalue weighted by atomic mass is 9.99. The fourth-order valence-corrected chi connectivity index (χ4v) is 3.92. The molecule has 1 N–H and O–H groups in total. The van der Waals surface area contributed by atoms with Crippen LogP contribution in [0.2, 0.25) is 0 Å². The van der Waals surface area contributed by atoms with Gasteiger partial charge in [0, 0.05) is 26.2 Å². The average molecular weight is 369 g/mol. The Morgan fingerprint density at radius 3 is 2.36 bits per heavy atom. The first-order chi connectivity index (χ1) is 11.6. The number of nitrogens with zero attached hydrogens (tertiary/aromatic N) is 1. The van der Waals surface area contributed by atoms with E-state index >= 15 is 0 Å². The van der Waals surface area contributed by atoms with Gasteiger partial charge in [0.1, 0.15) is 0 Å². The zero-order chi connectivity index (χ0) is 19.2. The minimum absolute atomic E-state index is 0.195.